The quantitative estimate of drug-likeness (QED) is 0.886. The first kappa shape index (κ1) is 15.3. The van der Waals surface area contributed by atoms with Crippen molar-refractivity contribution in [2.24, 2.45) is 0 Å². The average molecular weight is 289 g/mol. The normalized spacial score (nSPS) is 10.7. The third kappa shape index (κ3) is 3.73. The molecule has 2 aromatic carbocycles. The van der Waals surface area contributed by atoms with Gasteiger partial charge in [0.05, 0.1) is 7.11 Å². The Morgan fingerprint density at radius 3 is 2.29 bits per heavy atom. The molecule has 0 aliphatic heterocycles. The fourth-order valence-corrected chi connectivity index (χ4v) is 2.32. The molecular formula is C17H20FNO2. The van der Waals surface area contributed by atoms with Crippen molar-refractivity contribution in [2.75, 3.05) is 7.11 Å². The minimum Gasteiger partial charge on any atom is -0.504 e. The van der Waals surface area contributed by atoms with Crippen LogP contribution in [0.1, 0.15) is 22.3 Å². The van der Waals surface area contributed by atoms with E-state index in [4.69, 9.17) is 4.74 Å². The fraction of sp³-hybridized carbons (Fsp3) is 0.294. The molecule has 0 atom stereocenters. The second kappa shape index (κ2) is 6.59. The Kier molecular flexibility index (Phi) is 4.81. The second-order valence-corrected chi connectivity index (χ2v) is 5.15. The van der Waals surface area contributed by atoms with Crippen LogP contribution in [0.25, 0.3) is 0 Å². The highest BCUT2D eigenvalue weighted by Crippen LogP contribution is 2.26. The van der Waals surface area contributed by atoms with Gasteiger partial charge in [-0.25, -0.2) is 4.39 Å². The van der Waals surface area contributed by atoms with E-state index in [1.807, 2.05) is 18.2 Å². The number of phenolic OH excluding ortho intramolecular Hbond substituents is 1. The van der Waals surface area contributed by atoms with E-state index in [0.717, 1.165) is 11.1 Å². The summed E-state index contributed by atoms with van der Waals surface area (Å²) in [6.07, 6.45) is 0. The summed E-state index contributed by atoms with van der Waals surface area (Å²) in [6, 6.07) is 8.96. The number of hydrogen-bond acceptors (Lipinski definition) is 3. The van der Waals surface area contributed by atoms with Crippen LogP contribution in [0.2, 0.25) is 0 Å². The molecule has 0 aliphatic carbocycles. The summed E-state index contributed by atoms with van der Waals surface area (Å²) >= 11 is 0. The number of aryl methyl sites for hydroxylation is 2. The highest BCUT2D eigenvalue weighted by atomic mass is 19.1. The van der Waals surface area contributed by atoms with Crippen LogP contribution in [-0.2, 0) is 13.1 Å². The third-order valence-corrected chi connectivity index (χ3v) is 3.40. The lowest BCUT2D eigenvalue weighted by molar-refractivity contribution is 0.373. The largest absolute Gasteiger partial charge is 0.504 e. The van der Waals surface area contributed by atoms with Crippen LogP contribution in [0.15, 0.2) is 30.3 Å². The van der Waals surface area contributed by atoms with Crippen LogP contribution in [-0.4, -0.2) is 12.2 Å². The van der Waals surface area contributed by atoms with Gasteiger partial charge in [-0.05, 0) is 48.2 Å². The van der Waals surface area contributed by atoms with Crippen LogP contribution >= 0.6 is 0 Å². The van der Waals surface area contributed by atoms with Crippen molar-refractivity contribution in [3.63, 3.8) is 0 Å². The van der Waals surface area contributed by atoms with Crippen LogP contribution in [0, 0.1) is 19.7 Å². The number of rotatable bonds is 5. The Labute approximate surface area is 124 Å². The number of aromatic hydroxyl groups is 1. The van der Waals surface area contributed by atoms with Crippen molar-refractivity contribution >= 4 is 0 Å². The number of halogens is 1. The minimum atomic E-state index is -0.137. The van der Waals surface area contributed by atoms with Crippen molar-refractivity contribution < 1.29 is 14.2 Å². The van der Waals surface area contributed by atoms with E-state index in [9.17, 15) is 9.50 Å². The molecule has 0 heterocycles. The Morgan fingerprint density at radius 1 is 1.05 bits per heavy atom. The third-order valence-electron chi connectivity index (χ3n) is 3.40. The molecule has 2 aromatic rings. The Balaban J connectivity index is 1.98. The van der Waals surface area contributed by atoms with Gasteiger partial charge in [-0.3, -0.25) is 0 Å². The topological polar surface area (TPSA) is 41.5 Å². The number of benzene rings is 2. The average Bonchev–Trinajstić information content (AvgIpc) is 2.46. The summed E-state index contributed by atoms with van der Waals surface area (Å²) in [7, 11) is 1.52. The molecule has 21 heavy (non-hydrogen) atoms. The summed E-state index contributed by atoms with van der Waals surface area (Å²) < 4.78 is 18.6. The smallest absolute Gasteiger partial charge is 0.160 e. The first-order chi connectivity index (χ1) is 10.0. The van der Waals surface area contributed by atoms with Gasteiger partial charge < -0.3 is 15.2 Å². The zero-order valence-electron chi connectivity index (χ0n) is 12.5. The first-order valence-electron chi connectivity index (χ1n) is 6.83. The monoisotopic (exact) mass is 289 g/mol. The molecule has 0 saturated heterocycles. The van der Waals surface area contributed by atoms with E-state index in [0.29, 0.717) is 30.0 Å². The molecule has 0 bridgehead atoms. The second-order valence-electron chi connectivity index (χ2n) is 5.15. The summed E-state index contributed by atoms with van der Waals surface area (Å²) in [5, 5.41) is 12.8. The van der Waals surface area contributed by atoms with Gasteiger partial charge in [-0.1, -0.05) is 18.2 Å². The van der Waals surface area contributed by atoms with Crippen LogP contribution in [0.4, 0.5) is 4.39 Å². The van der Waals surface area contributed by atoms with Crippen molar-refractivity contribution in [2.45, 2.75) is 26.9 Å². The summed E-state index contributed by atoms with van der Waals surface area (Å²) in [6.45, 7) is 4.85. The van der Waals surface area contributed by atoms with E-state index in [2.05, 4.69) is 5.32 Å². The molecular weight excluding hydrogens is 269 g/mol. The van der Waals surface area contributed by atoms with Gasteiger partial charge in [-0.15, -0.1) is 0 Å². The van der Waals surface area contributed by atoms with Gasteiger partial charge in [0.1, 0.15) is 5.82 Å². The van der Waals surface area contributed by atoms with Gasteiger partial charge in [0.15, 0.2) is 11.5 Å². The number of hydrogen-bond donors (Lipinski definition) is 2. The minimum absolute atomic E-state index is 0.131. The van der Waals surface area contributed by atoms with Gasteiger partial charge in [0, 0.05) is 13.1 Å². The molecule has 2 rings (SSSR count). The highest BCUT2D eigenvalue weighted by Gasteiger charge is 2.05. The molecule has 0 aromatic heterocycles. The first-order valence-corrected chi connectivity index (χ1v) is 6.83. The predicted octanol–water partition coefficient (Wildman–Crippen LogP) is 3.45. The number of nitrogens with one attached hydrogen (secondary N) is 1. The lowest BCUT2D eigenvalue weighted by Gasteiger charge is -2.10. The van der Waals surface area contributed by atoms with E-state index in [-0.39, 0.29) is 11.6 Å². The molecule has 4 heteroatoms. The summed E-state index contributed by atoms with van der Waals surface area (Å²) in [5.41, 5.74) is 3.40. The van der Waals surface area contributed by atoms with E-state index in [1.54, 1.807) is 26.0 Å². The molecule has 0 unspecified atom stereocenters. The molecule has 0 fully saturated rings. The van der Waals surface area contributed by atoms with E-state index >= 15 is 0 Å². The fourth-order valence-electron chi connectivity index (χ4n) is 2.32. The standard InChI is InChI=1S/C17H20FNO2/c1-11-6-14(7-12(2)17(11)18)10-19-9-13-4-5-15(20)16(8-13)21-3/h4-8,19-20H,9-10H2,1-3H3. The van der Waals surface area contributed by atoms with Crippen molar-refractivity contribution in [3.05, 3.63) is 58.4 Å². The van der Waals surface area contributed by atoms with Crippen LogP contribution < -0.4 is 10.1 Å². The SMILES string of the molecule is COc1cc(CNCc2cc(C)c(F)c(C)c2)ccc1O. The lowest BCUT2D eigenvalue weighted by atomic mass is 10.1. The zero-order valence-corrected chi connectivity index (χ0v) is 12.5. The molecule has 112 valence electrons. The maximum Gasteiger partial charge on any atom is 0.160 e. The Bertz CT molecular complexity index is 618. The maximum atomic E-state index is 13.6. The van der Waals surface area contributed by atoms with Gasteiger partial charge in [0.2, 0.25) is 0 Å². The van der Waals surface area contributed by atoms with E-state index < -0.39 is 0 Å². The van der Waals surface area contributed by atoms with Gasteiger partial charge in [0.25, 0.3) is 0 Å². The number of methoxy groups -OCH3 is 1. The van der Waals surface area contributed by atoms with Crippen molar-refractivity contribution in [3.8, 4) is 11.5 Å². The highest BCUT2D eigenvalue weighted by molar-refractivity contribution is 5.41. The molecule has 0 radical (unpaired) electrons. The van der Waals surface area contributed by atoms with Gasteiger partial charge in [-0.2, -0.15) is 0 Å². The van der Waals surface area contributed by atoms with E-state index in [1.165, 1.54) is 7.11 Å². The van der Waals surface area contributed by atoms with Crippen LogP contribution in [0.3, 0.4) is 0 Å². The van der Waals surface area contributed by atoms with Crippen LogP contribution in [0.5, 0.6) is 11.5 Å². The lowest BCUT2D eigenvalue weighted by Crippen LogP contribution is -2.13. The van der Waals surface area contributed by atoms with Crippen molar-refractivity contribution in [1.29, 1.82) is 0 Å². The molecule has 0 aliphatic rings. The van der Waals surface area contributed by atoms with Crippen molar-refractivity contribution in [1.82, 2.24) is 5.32 Å². The van der Waals surface area contributed by atoms with Gasteiger partial charge >= 0.3 is 0 Å². The summed E-state index contributed by atoms with van der Waals surface area (Å²) in [5.74, 6) is 0.454. The summed E-state index contributed by atoms with van der Waals surface area (Å²) in [4.78, 5) is 0. The number of phenols is 1. The Hall–Kier alpha value is -2.07. The Morgan fingerprint density at radius 2 is 1.67 bits per heavy atom. The number of ether oxygens (including phenoxy) is 1. The molecule has 0 amide bonds. The maximum absolute atomic E-state index is 13.6. The molecule has 0 spiro atoms. The molecule has 0 saturated carbocycles. The molecule has 2 N–H and O–H groups in total. The molecule has 3 nitrogen and oxygen atoms in total. The zero-order chi connectivity index (χ0) is 15.4. The predicted molar refractivity (Wildman–Crippen MR) is 81.1 cm³/mol.